The van der Waals surface area contributed by atoms with E-state index in [9.17, 15) is 9.59 Å². The number of amides is 2. The Hall–Kier alpha value is -2.17. The minimum atomic E-state index is -0.372. The normalized spacial score (nSPS) is 17.8. The van der Waals surface area contributed by atoms with Crippen molar-refractivity contribution >= 4 is 29.1 Å². The van der Waals surface area contributed by atoms with Gasteiger partial charge in [0.05, 0.1) is 12.1 Å². The zero-order valence-corrected chi connectivity index (χ0v) is 13.6. The Morgan fingerprint density at radius 2 is 1.91 bits per heavy atom. The first-order valence-electron chi connectivity index (χ1n) is 7.56. The Kier molecular flexibility index (Phi) is 4.46. The molecule has 2 N–H and O–H groups in total. The second-order valence-electron chi connectivity index (χ2n) is 5.78. The van der Waals surface area contributed by atoms with Gasteiger partial charge in [-0.1, -0.05) is 41.4 Å². The maximum atomic E-state index is 12.5. The summed E-state index contributed by atoms with van der Waals surface area (Å²) in [5.41, 5.74) is 2.77. The second kappa shape index (κ2) is 6.52. The summed E-state index contributed by atoms with van der Waals surface area (Å²) in [4.78, 5) is 26.0. The Balaban J connectivity index is 1.70. The van der Waals surface area contributed by atoms with E-state index in [1.54, 1.807) is 0 Å². The van der Waals surface area contributed by atoms with Crippen LogP contribution in [0.25, 0.3) is 0 Å². The fourth-order valence-electron chi connectivity index (χ4n) is 2.75. The molecule has 5 heteroatoms. The quantitative estimate of drug-likeness (QED) is 0.873. The molecule has 1 aliphatic heterocycles. The zero-order chi connectivity index (χ0) is 16.4. The number of aryl methyl sites for hydroxylation is 1. The molecule has 4 nitrogen and oxygen atoms in total. The molecule has 0 radical (unpaired) electrons. The molecule has 2 amide bonds. The molecule has 0 aliphatic carbocycles. The molecule has 3 rings (SSSR count). The minimum absolute atomic E-state index is 0.147. The number of carbonyl (C=O) groups is 2. The smallest absolute Gasteiger partial charge is 0.292 e. The van der Waals surface area contributed by atoms with Crippen LogP contribution in [0.5, 0.6) is 0 Å². The van der Waals surface area contributed by atoms with Crippen LogP contribution in [0.2, 0.25) is 5.02 Å². The molecule has 1 aliphatic rings. The SMILES string of the molecule is Cc1ccc(N2C(=O)CC([NH2+]Cc3cccc(Cl)c3)C2=O)cc1. The fourth-order valence-corrected chi connectivity index (χ4v) is 2.96. The summed E-state index contributed by atoms with van der Waals surface area (Å²) in [6.07, 6.45) is 0.229. The molecular weight excluding hydrogens is 312 g/mol. The van der Waals surface area contributed by atoms with Gasteiger partial charge in [0.25, 0.3) is 5.91 Å². The first-order chi connectivity index (χ1) is 11.0. The van der Waals surface area contributed by atoms with Crippen molar-refractivity contribution in [2.45, 2.75) is 25.9 Å². The summed E-state index contributed by atoms with van der Waals surface area (Å²) in [6.45, 7) is 2.59. The lowest BCUT2D eigenvalue weighted by molar-refractivity contribution is -0.690. The number of quaternary nitrogens is 1. The molecule has 118 valence electrons. The molecule has 1 unspecified atom stereocenters. The fraction of sp³-hybridized carbons (Fsp3) is 0.222. The third kappa shape index (κ3) is 3.44. The Bertz CT molecular complexity index is 743. The van der Waals surface area contributed by atoms with Gasteiger partial charge in [-0.3, -0.25) is 9.59 Å². The Morgan fingerprint density at radius 3 is 2.61 bits per heavy atom. The van der Waals surface area contributed by atoms with Crippen molar-refractivity contribution in [1.29, 1.82) is 0 Å². The van der Waals surface area contributed by atoms with Crippen LogP contribution >= 0.6 is 11.6 Å². The molecule has 0 saturated carbocycles. The maximum Gasteiger partial charge on any atom is 0.292 e. The van der Waals surface area contributed by atoms with Crippen molar-refractivity contribution in [3.05, 3.63) is 64.7 Å². The number of halogens is 1. The van der Waals surface area contributed by atoms with Crippen LogP contribution in [0.4, 0.5) is 5.69 Å². The number of anilines is 1. The molecule has 23 heavy (non-hydrogen) atoms. The van der Waals surface area contributed by atoms with Crippen LogP contribution in [-0.2, 0) is 16.1 Å². The van der Waals surface area contributed by atoms with Crippen LogP contribution in [-0.4, -0.2) is 17.9 Å². The highest BCUT2D eigenvalue weighted by Gasteiger charge is 2.42. The van der Waals surface area contributed by atoms with E-state index in [-0.39, 0.29) is 24.3 Å². The van der Waals surface area contributed by atoms with Gasteiger partial charge in [0.1, 0.15) is 6.54 Å². The minimum Gasteiger partial charge on any atom is -0.332 e. The van der Waals surface area contributed by atoms with Gasteiger partial charge < -0.3 is 5.32 Å². The van der Waals surface area contributed by atoms with Crippen LogP contribution < -0.4 is 10.2 Å². The van der Waals surface area contributed by atoms with E-state index in [4.69, 9.17) is 11.6 Å². The summed E-state index contributed by atoms with van der Waals surface area (Å²) in [7, 11) is 0. The Labute approximate surface area is 140 Å². The summed E-state index contributed by atoms with van der Waals surface area (Å²) < 4.78 is 0. The number of carbonyl (C=O) groups excluding carboxylic acids is 2. The number of nitrogens with two attached hydrogens (primary N) is 1. The first-order valence-corrected chi connectivity index (χ1v) is 7.93. The van der Waals surface area contributed by atoms with Gasteiger partial charge in [-0.2, -0.15) is 0 Å². The molecule has 1 heterocycles. The molecule has 0 aromatic heterocycles. The van der Waals surface area contributed by atoms with Crippen LogP contribution in [0.15, 0.2) is 48.5 Å². The van der Waals surface area contributed by atoms with Gasteiger partial charge in [-0.05, 0) is 31.2 Å². The lowest BCUT2D eigenvalue weighted by atomic mass is 10.2. The van der Waals surface area contributed by atoms with Crippen LogP contribution in [0, 0.1) is 6.92 Å². The van der Waals surface area contributed by atoms with E-state index in [1.165, 1.54) is 4.90 Å². The summed E-state index contributed by atoms with van der Waals surface area (Å²) in [5.74, 6) is -0.299. The van der Waals surface area contributed by atoms with Gasteiger partial charge in [0, 0.05) is 10.6 Å². The number of benzene rings is 2. The van der Waals surface area contributed by atoms with Crippen molar-refractivity contribution in [1.82, 2.24) is 0 Å². The summed E-state index contributed by atoms with van der Waals surface area (Å²) in [5, 5.41) is 2.58. The van der Waals surface area contributed by atoms with Gasteiger partial charge in [0.2, 0.25) is 5.91 Å². The van der Waals surface area contributed by atoms with Crippen molar-refractivity contribution in [3.63, 3.8) is 0 Å². The van der Waals surface area contributed by atoms with Crippen molar-refractivity contribution in [2.75, 3.05) is 4.90 Å². The summed E-state index contributed by atoms with van der Waals surface area (Å²) >= 11 is 5.96. The lowest BCUT2D eigenvalue weighted by Gasteiger charge is -2.14. The van der Waals surface area contributed by atoms with E-state index in [1.807, 2.05) is 60.8 Å². The van der Waals surface area contributed by atoms with Crippen LogP contribution in [0.3, 0.4) is 0 Å². The molecule has 1 atom stereocenters. The first kappa shape index (κ1) is 15.7. The van der Waals surface area contributed by atoms with E-state index >= 15 is 0 Å². The van der Waals surface area contributed by atoms with E-state index in [2.05, 4.69) is 0 Å². The molecule has 2 aromatic rings. The molecule has 1 saturated heterocycles. The number of imide groups is 1. The highest BCUT2D eigenvalue weighted by Crippen LogP contribution is 2.22. The van der Waals surface area contributed by atoms with Crippen LogP contribution in [0.1, 0.15) is 17.5 Å². The van der Waals surface area contributed by atoms with Crippen molar-refractivity contribution in [3.8, 4) is 0 Å². The molecular formula is C18H18ClN2O2+. The van der Waals surface area contributed by atoms with Crippen molar-refractivity contribution in [2.24, 2.45) is 0 Å². The standard InChI is InChI=1S/C18H17ClN2O2/c1-12-5-7-15(8-6-12)21-17(22)10-16(18(21)23)20-11-13-3-2-4-14(19)9-13/h2-9,16,20H,10-11H2,1H3/p+1. The zero-order valence-electron chi connectivity index (χ0n) is 12.8. The van der Waals surface area contributed by atoms with Crippen molar-refractivity contribution < 1.29 is 14.9 Å². The lowest BCUT2D eigenvalue weighted by Crippen LogP contribution is -2.90. The second-order valence-corrected chi connectivity index (χ2v) is 6.22. The molecule has 1 fully saturated rings. The van der Waals surface area contributed by atoms with Gasteiger partial charge >= 0.3 is 0 Å². The maximum absolute atomic E-state index is 12.5. The summed E-state index contributed by atoms with van der Waals surface area (Å²) in [6, 6.07) is 14.6. The largest absolute Gasteiger partial charge is 0.332 e. The predicted molar refractivity (Wildman–Crippen MR) is 89.2 cm³/mol. The molecule has 0 spiro atoms. The van der Waals surface area contributed by atoms with Gasteiger partial charge in [0.15, 0.2) is 6.04 Å². The number of nitrogens with zero attached hydrogens (tertiary/aromatic N) is 1. The Morgan fingerprint density at radius 1 is 1.17 bits per heavy atom. The average molecular weight is 330 g/mol. The molecule has 0 bridgehead atoms. The third-order valence-corrected chi connectivity index (χ3v) is 4.24. The highest BCUT2D eigenvalue weighted by molar-refractivity contribution is 6.30. The predicted octanol–water partition coefficient (Wildman–Crippen LogP) is 2.04. The molecule has 2 aromatic carbocycles. The average Bonchev–Trinajstić information content (AvgIpc) is 2.81. The van der Waals surface area contributed by atoms with Gasteiger partial charge in [-0.15, -0.1) is 0 Å². The topological polar surface area (TPSA) is 54.0 Å². The highest BCUT2D eigenvalue weighted by atomic mass is 35.5. The van der Waals surface area contributed by atoms with Gasteiger partial charge in [-0.25, -0.2) is 4.90 Å². The number of rotatable bonds is 4. The number of hydrogen-bond donors (Lipinski definition) is 1. The van der Waals surface area contributed by atoms with E-state index in [0.29, 0.717) is 17.3 Å². The monoisotopic (exact) mass is 329 g/mol. The van der Waals surface area contributed by atoms with E-state index < -0.39 is 0 Å². The third-order valence-electron chi connectivity index (χ3n) is 4.00. The van der Waals surface area contributed by atoms with E-state index in [0.717, 1.165) is 11.1 Å². The number of hydrogen-bond acceptors (Lipinski definition) is 2.